The van der Waals surface area contributed by atoms with Crippen molar-refractivity contribution < 1.29 is 32.4 Å². The lowest BCUT2D eigenvalue weighted by Gasteiger charge is -2.29. The molecular formula is C20H19ClF3N3O5. The van der Waals surface area contributed by atoms with Crippen molar-refractivity contribution in [1.29, 1.82) is 0 Å². The van der Waals surface area contributed by atoms with E-state index >= 15 is 0 Å². The number of nitrogens with one attached hydrogen (secondary N) is 1. The van der Waals surface area contributed by atoms with E-state index < -0.39 is 22.7 Å². The summed E-state index contributed by atoms with van der Waals surface area (Å²) in [5, 5.41) is 14.0. The molecule has 0 spiro atoms. The molecule has 1 saturated heterocycles. The fourth-order valence-corrected chi connectivity index (χ4v) is 3.31. The second kappa shape index (κ2) is 9.61. The van der Waals surface area contributed by atoms with Gasteiger partial charge in [0, 0.05) is 25.2 Å². The van der Waals surface area contributed by atoms with Gasteiger partial charge in [-0.25, -0.2) is 0 Å². The summed E-state index contributed by atoms with van der Waals surface area (Å²) in [5.74, 6) is -0.220. The number of hydrogen-bond donors (Lipinski definition) is 1. The number of nitro benzene ring substituents is 1. The average molecular weight is 474 g/mol. The Morgan fingerprint density at radius 3 is 2.53 bits per heavy atom. The van der Waals surface area contributed by atoms with Crippen LogP contribution in [0.4, 0.5) is 24.5 Å². The van der Waals surface area contributed by atoms with Crippen LogP contribution >= 0.6 is 11.6 Å². The minimum atomic E-state index is -4.56. The summed E-state index contributed by atoms with van der Waals surface area (Å²) in [6, 6.07) is 5.56. The van der Waals surface area contributed by atoms with E-state index in [1.54, 1.807) is 11.8 Å². The smallest absolute Gasteiger partial charge is 0.416 e. The molecule has 2 aromatic carbocycles. The van der Waals surface area contributed by atoms with Gasteiger partial charge in [-0.15, -0.1) is 0 Å². The quantitative estimate of drug-likeness (QED) is 0.482. The molecule has 1 heterocycles. The van der Waals surface area contributed by atoms with Gasteiger partial charge in [0.05, 0.1) is 28.7 Å². The molecule has 8 nitrogen and oxygen atoms in total. The van der Waals surface area contributed by atoms with E-state index in [4.69, 9.17) is 21.1 Å². The van der Waals surface area contributed by atoms with Crippen molar-refractivity contribution in [2.45, 2.75) is 19.1 Å². The first-order valence-electron chi connectivity index (χ1n) is 9.52. The Kier molecular flexibility index (Phi) is 7.09. The average Bonchev–Trinajstić information content (AvgIpc) is 2.74. The van der Waals surface area contributed by atoms with E-state index in [-0.39, 0.29) is 33.8 Å². The Hall–Kier alpha value is -3.05. The van der Waals surface area contributed by atoms with Gasteiger partial charge in [-0.1, -0.05) is 11.6 Å². The third-order valence-electron chi connectivity index (χ3n) is 4.72. The Bertz CT molecular complexity index is 1010. The van der Waals surface area contributed by atoms with Crippen LogP contribution in [0, 0.1) is 10.1 Å². The second-order valence-corrected chi connectivity index (χ2v) is 7.39. The van der Waals surface area contributed by atoms with Crippen LogP contribution < -0.4 is 10.1 Å². The van der Waals surface area contributed by atoms with Crippen LogP contribution in [0.25, 0.3) is 0 Å². The number of carbonyl (C=O) groups is 1. The van der Waals surface area contributed by atoms with Gasteiger partial charge in [-0.2, -0.15) is 13.2 Å². The van der Waals surface area contributed by atoms with E-state index in [0.29, 0.717) is 26.3 Å². The number of amides is 1. The van der Waals surface area contributed by atoms with E-state index in [1.165, 1.54) is 18.2 Å². The summed E-state index contributed by atoms with van der Waals surface area (Å²) in [7, 11) is 0. The number of halogens is 4. The molecule has 0 radical (unpaired) electrons. The fourth-order valence-electron chi connectivity index (χ4n) is 3.09. The zero-order valence-corrected chi connectivity index (χ0v) is 17.6. The molecule has 32 heavy (non-hydrogen) atoms. The van der Waals surface area contributed by atoms with Crippen molar-refractivity contribution in [2.24, 2.45) is 0 Å². The number of alkyl halides is 3. The van der Waals surface area contributed by atoms with Crippen molar-refractivity contribution in [3.8, 4) is 11.5 Å². The van der Waals surface area contributed by atoms with E-state index in [0.717, 1.165) is 18.2 Å². The number of nitro groups is 1. The number of nitrogens with zero attached hydrogens (tertiary/aromatic N) is 2. The predicted molar refractivity (Wildman–Crippen MR) is 110 cm³/mol. The summed E-state index contributed by atoms with van der Waals surface area (Å²) in [6.07, 6.45) is -4.56. The van der Waals surface area contributed by atoms with Gasteiger partial charge >= 0.3 is 6.18 Å². The number of rotatable bonds is 6. The summed E-state index contributed by atoms with van der Waals surface area (Å²) in [6.45, 7) is 3.23. The molecule has 1 fully saturated rings. The second-order valence-electron chi connectivity index (χ2n) is 6.98. The van der Waals surface area contributed by atoms with Crippen molar-refractivity contribution in [3.63, 3.8) is 0 Å². The molecule has 1 aliphatic rings. The maximum Gasteiger partial charge on any atom is 0.416 e. The van der Waals surface area contributed by atoms with Crippen LogP contribution in [0.5, 0.6) is 11.5 Å². The van der Waals surface area contributed by atoms with Crippen molar-refractivity contribution in [3.05, 3.63) is 57.1 Å². The Morgan fingerprint density at radius 2 is 1.94 bits per heavy atom. The van der Waals surface area contributed by atoms with E-state index in [2.05, 4.69) is 5.32 Å². The van der Waals surface area contributed by atoms with Gasteiger partial charge in [0.2, 0.25) is 5.91 Å². The van der Waals surface area contributed by atoms with Gasteiger partial charge in [-0.05, 0) is 31.2 Å². The molecule has 172 valence electrons. The molecule has 1 aliphatic heterocycles. The topological polar surface area (TPSA) is 93.9 Å². The molecule has 2 aromatic rings. The highest BCUT2D eigenvalue weighted by molar-refractivity contribution is 6.32. The predicted octanol–water partition coefficient (Wildman–Crippen LogP) is 4.72. The molecule has 1 atom stereocenters. The summed E-state index contributed by atoms with van der Waals surface area (Å²) < 4.78 is 49.2. The maximum absolute atomic E-state index is 12.8. The van der Waals surface area contributed by atoms with Gasteiger partial charge in [0.25, 0.3) is 5.69 Å². The number of morpholine rings is 1. The van der Waals surface area contributed by atoms with Crippen LogP contribution in [-0.2, 0) is 15.7 Å². The number of anilines is 1. The van der Waals surface area contributed by atoms with Gasteiger partial charge in [-0.3, -0.25) is 14.9 Å². The first kappa shape index (κ1) is 23.6. The van der Waals surface area contributed by atoms with Crippen LogP contribution in [-0.4, -0.2) is 48.1 Å². The maximum atomic E-state index is 12.8. The Labute approximate surface area is 186 Å². The first-order valence-corrected chi connectivity index (χ1v) is 9.90. The normalized spacial score (nSPS) is 15.2. The Balaban J connectivity index is 1.81. The standard InChI is InChI=1S/C20H19ClF3N3O5/c1-12(19(28)26-6-8-31-9-7-26)25-16-11-14(3-4-17(16)27(29)30)32-18-5-2-13(10-15(18)21)20(22,23)24/h2-5,10-12,25H,6-9H2,1H3/t12-/m0/s1. The van der Waals surface area contributed by atoms with Gasteiger partial charge < -0.3 is 19.7 Å². The SMILES string of the molecule is C[C@H](Nc1cc(Oc2ccc(C(F)(F)F)cc2Cl)ccc1[N+](=O)[O-])C(=O)N1CCOCC1. The van der Waals surface area contributed by atoms with Crippen LogP contribution in [0.1, 0.15) is 12.5 Å². The molecule has 0 bridgehead atoms. The third kappa shape index (κ3) is 5.60. The molecule has 3 rings (SSSR count). The van der Waals surface area contributed by atoms with Crippen molar-refractivity contribution >= 4 is 28.9 Å². The molecule has 0 unspecified atom stereocenters. The monoisotopic (exact) mass is 473 g/mol. The van der Waals surface area contributed by atoms with Crippen LogP contribution in [0.15, 0.2) is 36.4 Å². The largest absolute Gasteiger partial charge is 0.456 e. The molecule has 0 saturated carbocycles. The number of carbonyl (C=O) groups excluding carboxylic acids is 1. The zero-order chi connectivity index (χ0) is 23.5. The van der Waals surface area contributed by atoms with Gasteiger partial charge in [0.1, 0.15) is 23.2 Å². The number of ether oxygens (including phenoxy) is 2. The number of hydrogen-bond acceptors (Lipinski definition) is 6. The third-order valence-corrected chi connectivity index (χ3v) is 5.01. The molecular weight excluding hydrogens is 455 g/mol. The number of benzene rings is 2. The minimum Gasteiger partial charge on any atom is -0.456 e. The van der Waals surface area contributed by atoms with Gasteiger partial charge in [0.15, 0.2) is 0 Å². The lowest BCUT2D eigenvalue weighted by molar-refractivity contribution is -0.384. The summed E-state index contributed by atoms with van der Waals surface area (Å²) >= 11 is 5.91. The summed E-state index contributed by atoms with van der Waals surface area (Å²) in [4.78, 5) is 25.0. The Morgan fingerprint density at radius 1 is 1.25 bits per heavy atom. The van der Waals surface area contributed by atoms with E-state index in [9.17, 15) is 28.1 Å². The van der Waals surface area contributed by atoms with Crippen LogP contribution in [0.2, 0.25) is 5.02 Å². The van der Waals surface area contributed by atoms with Crippen molar-refractivity contribution in [1.82, 2.24) is 4.90 Å². The highest BCUT2D eigenvalue weighted by Crippen LogP contribution is 2.38. The highest BCUT2D eigenvalue weighted by atomic mass is 35.5. The molecule has 12 heteroatoms. The van der Waals surface area contributed by atoms with Crippen LogP contribution in [0.3, 0.4) is 0 Å². The molecule has 0 aliphatic carbocycles. The molecule has 0 aromatic heterocycles. The van der Waals surface area contributed by atoms with E-state index in [1.807, 2.05) is 0 Å². The summed E-state index contributed by atoms with van der Waals surface area (Å²) in [5.41, 5.74) is -1.21. The molecule has 1 amide bonds. The molecule has 1 N–H and O–H groups in total. The zero-order valence-electron chi connectivity index (χ0n) is 16.8. The first-order chi connectivity index (χ1) is 15.1. The lowest BCUT2D eigenvalue weighted by atomic mass is 10.2. The van der Waals surface area contributed by atoms with Crippen molar-refractivity contribution in [2.75, 3.05) is 31.6 Å². The highest BCUT2D eigenvalue weighted by Gasteiger charge is 2.31. The lowest BCUT2D eigenvalue weighted by Crippen LogP contribution is -2.47. The fraction of sp³-hybridized carbons (Fsp3) is 0.350. The minimum absolute atomic E-state index is 0.0182.